The van der Waals surface area contributed by atoms with Gasteiger partial charge in [-0.25, -0.2) is 0 Å². The maximum absolute atomic E-state index is 13.5. The predicted molar refractivity (Wildman–Crippen MR) is 144 cm³/mol. The van der Waals surface area contributed by atoms with Gasteiger partial charge in [-0.05, 0) is 65.7 Å². The number of fused-ring (bicyclic) bond motifs is 1. The molecule has 1 saturated heterocycles. The summed E-state index contributed by atoms with van der Waals surface area (Å²) in [6, 6.07) is 24.2. The van der Waals surface area contributed by atoms with Crippen molar-refractivity contribution in [1.82, 2.24) is 0 Å². The molecule has 1 aliphatic heterocycles. The van der Waals surface area contributed by atoms with Crippen LogP contribution < -0.4 is 14.4 Å². The van der Waals surface area contributed by atoms with Gasteiger partial charge in [-0.2, -0.15) is 0 Å². The molecule has 4 aromatic carbocycles. The molecule has 37 heavy (non-hydrogen) atoms. The highest BCUT2D eigenvalue weighted by Crippen LogP contribution is 2.44. The number of aliphatic hydroxyl groups is 1. The van der Waals surface area contributed by atoms with E-state index in [1.54, 1.807) is 49.6 Å². The molecule has 0 spiro atoms. The van der Waals surface area contributed by atoms with Gasteiger partial charge in [0.15, 0.2) is 0 Å². The molecule has 1 heterocycles. The Labute approximate surface area is 219 Å². The summed E-state index contributed by atoms with van der Waals surface area (Å²) in [6.45, 7) is 2.20. The van der Waals surface area contributed by atoms with Crippen LogP contribution in [0.2, 0.25) is 5.02 Å². The summed E-state index contributed by atoms with van der Waals surface area (Å²) in [4.78, 5) is 28.5. The van der Waals surface area contributed by atoms with Crippen molar-refractivity contribution in [2.45, 2.75) is 13.0 Å². The third-order valence-corrected chi connectivity index (χ3v) is 6.73. The SMILES string of the molecule is CCOc1cc(/C(O)=C2/C(=O)C(=O)N(c3ccc(OC)cc3)C2c2cccc3ccccc23)ccc1Cl. The molecular formula is C30H24ClNO5. The van der Waals surface area contributed by atoms with Gasteiger partial charge < -0.3 is 14.6 Å². The summed E-state index contributed by atoms with van der Waals surface area (Å²) in [6.07, 6.45) is 0. The van der Waals surface area contributed by atoms with Gasteiger partial charge in [-0.3, -0.25) is 14.5 Å². The van der Waals surface area contributed by atoms with Gasteiger partial charge in [0.25, 0.3) is 11.7 Å². The van der Waals surface area contributed by atoms with Crippen molar-refractivity contribution in [2.24, 2.45) is 0 Å². The van der Waals surface area contributed by atoms with Crippen molar-refractivity contribution in [1.29, 1.82) is 0 Å². The Hall–Kier alpha value is -4.29. The minimum atomic E-state index is -0.870. The second kappa shape index (κ2) is 9.99. The van der Waals surface area contributed by atoms with E-state index in [1.807, 2.05) is 49.4 Å². The van der Waals surface area contributed by atoms with E-state index in [0.29, 0.717) is 39.9 Å². The lowest BCUT2D eigenvalue weighted by Crippen LogP contribution is -2.29. The van der Waals surface area contributed by atoms with Gasteiger partial charge in [-0.1, -0.05) is 54.1 Å². The van der Waals surface area contributed by atoms with E-state index in [9.17, 15) is 14.7 Å². The maximum Gasteiger partial charge on any atom is 0.300 e. The number of Topliss-reactive ketones (excluding diaryl/α,β-unsaturated/α-hetero) is 1. The number of amides is 1. The van der Waals surface area contributed by atoms with Gasteiger partial charge >= 0.3 is 0 Å². The summed E-state index contributed by atoms with van der Waals surface area (Å²) in [7, 11) is 1.56. The van der Waals surface area contributed by atoms with E-state index in [-0.39, 0.29) is 11.3 Å². The molecule has 5 rings (SSSR count). The van der Waals surface area contributed by atoms with Crippen molar-refractivity contribution in [3.8, 4) is 11.5 Å². The molecule has 0 radical (unpaired) electrons. The zero-order valence-corrected chi connectivity index (χ0v) is 21.0. The smallest absolute Gasteiger partial charge is 0.300 e. The largest absolute Gasteiger partial charge is 0.507 e. The number of hydrogen-bond donors (Lipinski definition) is 1. The van der Waals surface area contributed by atoms with Crippen LogP contribution in [0.4, 0.5) is 5.69 Å². The molecule has 1 unspecified atom stereocenters. The molecule has 0 bridgehead atoms. The minimum absolute atomic E-state index is 0.0121. The predicted octanol–water partition coefficient (Wildman–Crippen LogP) is 6.53. The zero-order chi connectivity index (χ0) is 26.1. The first kappa shape index (κ1) is 24.4. The first-order chi connectivity index (χ1) is 17.9. The average Bonchev–Trinajstić information content (AvgIpc) is 3.19. The van der Waals surface area contributed by atoms with E-state index in [1.165, 1.54) is 4.90 Å². The Morgan fingerprint density at radius 3 is 2.43 bits per heavy atom. The van der Waals surface area contributed by atoms with Crippen LogP contribution in [-0.2, 0) is 9.59 Å². The summed E-state index contributed by atoms with van der Waals surface area (Å²) in [5.74, 6) is -0.821. The Bertz CT molecular complexity index is 1540. The van der Waals surface area contributed by atoms with Crippen LogP contribution >= 0.6 is 11.6 Å². The van der Waals surface area contributed by atoms with E-state index in [2.05, 4.69) is 0 Å². The van der Waals surface area contributed by atoms with Crippen LogP contribution in [0.3, 0.4) is 0 Å². The molecule has 1 amide bonds. The number of anilines is 1. The third-order valence-electron chi connectivity index (χ3n) is 6.42. The third kappa shape index (κ3) is 4.30. The van der Waals surface area contributed by atoms with Crippen LogP contribution in [0.5, 0.6) is 11.5 Å². The fraction of sp³-hybridized carbons (Fsp3) is 0.133. The summed E-state index contributed by atoms with van der Waals surface area (Å²) in [5.41, 5.74) is 1.53. The van der Waals surface area contributed by atoms with Gasteiger partial charge in [0.1, 0.15) is 17.3 Å². The highest BCUT2D eigenvalue weighted by Gasteiger charge is 2.47. The minimum Gasteiger partial charge on any atom is -0.507 e. The summed E-state index contributed by atoms with van der Waals surface area (Å²) in [5, 5.41) is 13.7. The van der Waals surface area contributed by atoms with E-state index in [4.69, 9.17) is 21.1 Å². The zero-order valence-electron chi connectivity index (χ0n) is 20.3. The Morgan fingerprint density at radius 2 is 1.70 bits per heavy atom. The summed E-state index contributed by atoms with van der Waals surface area (Å²) < 4.78 is 10.8. The number of benzene rings is 4. The van der Waals surface area contributed by atoms with Gasteiger partial charge in [0.2, 0.25) is 0 Å². The van der Waals surface area contributed by atoms with Crippen molar-refractivity contribution >= 4 is 45.5 Å². The number of ether oxygens (including phenoxy) is 2. The molecule has 4 aromatic rings. The van der Waals surface area contributed by atoms with Crippen LogP contribution in [0.1, 0.15) is 24.1 Å². The topological polar surface area (TPSA) is 76.1 Å². The van der Waals surface area contributed by atoms with Gasteiger partial charge in [0.05, 0.1) is 30.4 Å². The quantitative estimate of drug-likeness (QED) is 0.180. The van der Waals surface area contributed by atoms with Gasteiger partial charge in [0, 0.05) is 11.3 Å². The number of nitrogens with zero attached hydrogens (tertiary/aromatic N) is 1. The first-order valence-corrected chi connectivity index (χ1v) is 12.2. The molecule has 7 heteroatoms. The standard InChI is InChI=1S/C30H24ClNO5/c1-3-37-25-17-19(11-16-24(25)31)28(33)26-27(23-10-6-8-18-7-4-5-9-22(18)23)32(30(35)29(26)34)20-12-14-21(36-2)15-13-20/h4-17,27,33H,3H2,1-2H3/b28-26-. The van der Waals surface area contributed by atoms with Crippen LogP contribution in [0, 0.1) is 0 Å². The Kier molecular flexibility index (Phi) is 6.59. The van der Waals surface area contributed by atoms with E-state index in [0.717, 1.165) is 10.8 Å². The molecule has 1 aliphatic rings. The number of ketones is 1. The molecular weight excluding hydrogens is 490 g/mol. The van der Waals surface area contributed by atoms with E-state index >= 15 is 0 Å². The fourth-order valence-corrected chi connectivity index (χ4v) is 4.87. The summed E-state index contributed by atoms with van der Waals surface area (Å²) >= 11 is 6.25. The second-order valence-electron chi connectivity index (χ2n) is 8.51. The number of carbonyl (C=O) groups is 2. The lowest BCUT2D eigenvalue weighted by molar-refractivity contribution is -0.132. The number of methoxy groups -OCH3 is 1. The number of aliphatic hydroxyl groups excluding tert-OH is 1. The average molecular weight is 514 g/mol. The fourth-order valence-electron chi connectivity index (χ4n) is 4.70. The van der Waals surface area contributed by atoms with Crippen LogP contribution in [0.15, 0.2) is 90.5 Å². The van der Waals surface area contributed by atoms with Crippen molar-refractivity contribution in [3.05, 3.63) is 107 Å². The molecule has 0 saturated carbocycles. The van der Waals surface area contributed by atoms with Gasteiger partial charge in [-0.15, -0.1) is 0 Å². The van der Waals surface area contributed by atoms with Crippen LogP contribution in [-0.4, -0.2) is 30.5 Å². The molecule has 1 fully saturated rings. The van der Waals surface area contributed by atoms with Crippen molar-refractivity contribution in [3.63, 3.8) is 0 Å². The Balaban J connectivity index is 1.76. The van der Waals surface area contributed by atoms with Crippen LogP contribution in [0.25, 0.3) is 16.5 Å². The number of rotatable bonds is 6. The molecule has 6 nitrogen and oxygen atoms in total. The van der Waals surface area contributed by atoms with E-state index < -0.39 is 17.7 Å². The van der Waals surface area contributed by atoms with Crippen molar-refractivity contribution in [2.75, 3.05) is 18.6 Å². The molecule has 0 aliphatic carbocycles. The Morgan fingerprint density at radius 1 is 0.973 bits per heavy atom. The molecule has 1 atom stereocenters. The first-order valence-electron chi connectivity index (χ1n) is 11.8. The number of hydrogen-bond acceptors (Lipinski definition) is 5. The maximum atomic E-state index is 13.5. The molecule has 0 aromatic heterocycles. The molecule has 186 valence electrons. The lowest BCUT2D eigenvalue weighted by Gasteiger charge is -2.26. The highest BCUT2D eigenvalue weighted by molar-refractivity contribution is 6.52. The second-order valence-corrected chi connectivity index (χ2v) is 8.92. The number of carbonyl (C=O) groups excluding carboxylic acids is 2. The normalized spacial score (nSPS) is 16.8. The lowest BCUT2D eigenvalue weighted by atomic mass is 9.91. The van der Waals surface area contributed by atoms with Crippen molar-refractivity contribution < 1.29 is 24.2 Å². The monoisotopic (exact) mass is 513 g/mol. The highest BCUT2D eigenvalue weighted by atomic mass is 35.5. The molecule has 1 N–H and O–H groups in total. The number of halogens is 1.